The zero-order valence-electron chi connectivity index (χ0n) is 9.87. The minimum atomic E-state index is -0.631. The van der Waals surface area contributed by atoms with Crippen LogP contribution in [-0.2, 0) is 0 Å². The molecule has 94 valence electrons. The van der Waals surface area contributed by atoms with E-state index in [9.17, 15) is 4.39 Å². The van der Waals surface area contributed by atoms with Gasteiger partial charge in [0.1, 0.15) is 11.6 Å². The predicted molar refractivity (Wildman–Crippen MR) is 67.4 cm³/mol. The van der Waals surface area contributed by atoms with Crippen molar-refractivity contribution in [3.05, 3.63) is 40.4 Å². The molecule has 0 bridgehead atoms. The van der Waals surface area contributed by atoms with Gasteiger partial charge in [-0.05, 0) is 26.0 Å². The molecule has 6 heteroatoms. The highest BCUT2D eigenvalue weighted by Gasteiger charge is 2.13. The van der Waals surface area contributed by atoms with Gasteiger partial charge in [0.2, 0.25) is 5.88 Å². The van der Waals surface area contributed by atoms with E-state index >= 15 is 0 Å². The van der Waals surface area contributed by atoms with Crippen molar-refractivity contribution < 1.29 is 9.13 Å². The number of hydrogen-bond acceptors (Lipinski definition) is 4. The van der Waals surface area contributed by atoms with Gasteiger partial charge in [-0.25, -0.2) is 9.37 Å². The summed E-state index contributed by atoms with van der Waals surface area (Å²) in [6.45, 7) is 3.38. The van der Waals surface area contributed by atoms with E-state index in [4.69, 9.17) is 22.1 Å². The summed E-state index contributed by atoms with van der Waals surface area (Å²) < 4.78 is 19.1. The molecule has 0 fully saturated rings. The summed E-state index contributed by atoms with van der Waals surface area (Å²) in [5.74, 6) is 0.355. The van der Waals surface area contributed by atoms with E-state index in [-0.39, 0.29) is 16.7 Å². The summed E-state index contributed by atoms with van der Waals surface area (Å²) >= 11 is 5.67. The average Bonchev–Trinajstić information content (AvgIpc) is 2.31. The van der Waals surface area contributed by atoms with Gasteiger partial charge in [0.05, 0.1) is 10.6 Å². The maximum atomic E-state index is 13.7. The Morgan fingerprint density at radius 1 is 1.28 bits per heavy atom. The SMILES string of the molecule is Cc1nc(N)c(C)c(Oc2cccc(Cl)c2F)n1. The van der Waals surface area contributed by atoms with E-state index in [1.807, 2.05) is 0 Å². The number of aromatic nitrogens is 2. The highest BCUT2D eigenvalue weighted by molar-refractivity contribution is 6.30. The molecule has 0 atom stereocenters. The van der Waals surface area contributed by atoms with Gasteiger partial charge in [-0.2, -0.15) is 4.98 Å². The Bertz CT molecular complexity index is 604. The zero-order chi connectivity index (χ0) is 13.3. The number of halogens is 2. The van der Waals surface area contributed by atoms with Crippen LogP contribution in [0.4, 0.5) is 10.2 Å². The van der Waals surface area contributed by atoms with Crippen molar-refractivity contribution in [2.24, 2.45) is 0 Å². The fourth-order valence-electron chi connectivity index (χ4n) is 1.39. The third-order valence-corrected chi connectivity index (χ3v) is 2.67. The molecule has 0 spiro atoms. The second kappa shape index (κ2) is 4.78. The molecule has 0 amide bonds. The summed E-state index contributed by atoms with van der Waals surface area (Å²) in [5, 5.41) is -0.0103. The Kier molecular flexibility index (Phi) is 3.34. The van der Waals surface area contributed by atoms with Crippen molar-refractivity contribution in [3.8, 4) is 11.6 Å². The lowest BCUT2D eigenvalue weighted by Gasteiger charge is -2.10. The molecule has 0 saturated carbocycles. The number of aryl methyl sites for hydroxylation is 1. The molecule has 0 aliphatic rings. The quantitative estimate of drug-likeness (QED) is 0.907. The molecule has 1 heterocycles. The molecular formula is C12H11ClFN3O. The maximum absolute atomic E-state index is 13.7. The number of nitrogens with two attached hydrogens (primary N) is 1. The van der Waals surface area contributed by atoms with Gasteiger partial charge in [0.25, 0.3) is 0 Å². The van der Waals surface area contributed by atoms with Crippen molar-refractivity contribution in [1.82, 2.24) is 9.97 Å². The van der Waals surface area contributed by atoms with Gasteiger partial charge in [-0.15, -0.1) is 0 Å². The van der Waals surface area contributed by atoms with Crippen molar-refractivity contribution in [1.29, 1.82) is 0 Å². The van der Waals surface area contributed by atoms with Crippen molar-refractivity contribution in [3.63, 3.8) is 0 Å². The summed E-state index contributed by atoms with van der Waals surface area (Å²) in [5.41, 5.74) is 6.25. The Labute approximate surface area is 109 Å². The first-order chi connectivity index (χ1) is 8.49. The van der Waals surface area contributed by atoms with E-state index in [1.54, 1.807) is 19.9 Å². The molecule has 18 heavy (non-hydrogen) atoms. The number of ether oxygens (including phenoxy) is 1. The average molecular weight is 268 g/mol. The summed E-state index contributed by atoms with van der Waals surface area (Å²) in [6.07, 6.45) is 0. The molecule has 2 rings (SSSR count). The van der Waals surface area contributed by atoms with Gasteiger partial charge < -0.3 is 10.5 Å². The molecule has 4 nitrogen and oxygen atoms in total. The zero-order valence-corrected chi connectivity index (χ0v) is 10.6. The van der Waals surface area contributed by atoms with Gasteiger partial charge in [0.15, 0.2) is 11.6 Å². The number of nitrogens with zero attached hydrogens (tertiary/aromatic N) is 2. The number of anilines is 1. The number of rotatable bonds is 2. The second-order valence-corrected chi connectivity index (χ2v) is 4.15. The van der Waals surface area contributed by atoms with Crippen LogP contribution in [0.15, 0.2) is 18.2 Å². The minimum absolute atomic E-state index is 0.00287. The molecule has 0 saturated heterocycles. The van der Waals surface area contributed by atoms with E-state index in [0.717, 1.165) is 0 Å². The van der Waals surface area contributed by atoms with E-state index in [1.165, 1.54) is 12.1 Å². The molecule has 0 unspecified atom stereocenters. The van der Waals surface area contributed by atoms with Crippen molar-refractivity contribution in [2.75, 3.05) is 5.73 Å². The molecule has 0 aliphatic heterocycles. The molecule has 0 radical (unpaired) electrons. The number of nitrogen functional groups attached to an aromatic ring is 1. The lowest BCUT2D eigenvalue weighted by atomic mass is 10.3. The summed E-state index contributed by atoms with van der Waals surface area (Å²) in [6, 6.07) is 4.50. The van der Waals surface area contributed by atoms with Crippen LogP contribution in [0.1, 0.15) is 11.4 Å². The van der Waals surface area contributed by atoms with Gasteiger partial charge in [-0.1, -0.05) is 17.7 Å². The largest absolute Gasteiger partial charge is 0.435 e. The van der Waals surface area contributed by atoms with Crippen molar-refractivity contribution in [2.45, 2.75) is 13.8 Å². The number of benzene rings is 1. The third-order valence-electron chi connectivity index (χ3n) is 2.37. The minimum Gasteiger partial charge on any atom is -0.435 e. The standard InChI is InChI=1S/C12H11ClFN3O/c1-6-11(15)16-7(2)17-12(6)18-9-5-3-4-8(13)10(9)14/h3-5H,1-2H3,(H2,15,16,17). The van der Waals surface area contributed by atoms with Gasteiger partial charge in [-0.3, -0.25) is 0 Å². The first-order valence-electron chi connectivity index (χ1n) is 5.21. The molecule has 2 aromatic rings. The van der Waals surface area contributed by atoms with E-state index < -0.39 is 5.82 Å². The number of hydrogen-bond donors (Lipinski definition) is 1. The topological polar surface area (TPSA) is 61.0 Å². The van der Waals surface area contributed by atoms with Crippen LogP contribution in [0.5, 0.6) is 11.6 Å². The highest BCUT2D eigenvalue weighted by atomic mass is 35.5. The van der Waals surface area contributed by atoms with Crippen LogP contribution in [0, 0.1) is 19.7 Å². The third kappa shape index (κ3) is 2.36. The first-order valence-corrected chi connectivity index (χ1v) is 5.59. The first kappa shape index (κ1) is 12.6. The second-order valence-electron chi connectivity index (χ2n) is 3.74. The predicted octanol–water partition coefficient (Wildman–Crippen LogP) is 3.26. The normalized spacial score (nSPS) is 10.4. The van der Waals surface area contributed by atoms with Crippen molar-refractivity contribution >= 4 is 17.4 Å². The van der Waals surface area contributed by atoms with E-state index in [0.29, 0.717) is 17.2 Å². The fourth-order valence-corrected chi connectivity index (χ4v) is 1.56. The van der Waals surface area contributed by atoms with Crippen LogP contribution in [-0.4, -0.2) is 9.97 Å². The molecular weight excluding hydrogens is 257 g/mol. The smallest absolute Gasteiger partial charge is 0.227 e. The molecule has 1 aromatic heterocycles. The van der Waals surface area contributed by atoms with Gasteiger partial charge in [0, 0.05) is 0 Å². The Hall–Kier alpha value is -1.88. The Morgan fingerprint density at radius 3 is 2.72 bits per heavy atom. The Balaban J connectivity index is 2.43. The lowest BCUT2D eigenvalue weighted by molar-refractivity contribution is 0.423. The molecule has 0 aliphatic carbocycles. The van der Waals surface area contributed by atoms with Gasteiger partial charge >= 0.3 is 0 Å². The Morgan fingerprint density at radius 2 is 2.00 bits per heavy atom. The summed E-state index contributed by atoms with van der Waals surface area (Å²) in [4.78, 5) is 8.06. The monoisotopic (exact) mass is 267 g/mol. The lowest BCUT2D eigenvalue weighted by Crippen LogP contribution is -2.03. The molecule has 2 N–H and O–H groups in total. The van der Waals surface area contributed by atoms with Crippen LogP contribution in [0.2, 0.25) is 5.02 Å². The molecule has 1 aromatic carbocycles. The maximum Gasteiger partial charge on any atom is 0.227 e. The highest BCUT2D eigenvalue weighted by Crippen LogP contribution is 2.30. The summed E-state index contributed by atoms with van der Waals surface area (Å²) in [7, 11) is 0. The van der Waals surface area contributed by atoms with Crippen LogP contribution in [0.25, 0.3) is 0 Å². The van der Waals surface area contributed by atoms with Crippen LogP contribution in [0.3, 0.4) is 0 Å². The van der Waals surface area contributed by atoms with E-state index in [2.05, 4.69) is 9.97 Å². The fraction of sp³-hybridized carbons (Fsp3) is 0.167. The van der Waals surface area contributed by atoms with Crippen LogP contribution >= 0.6 is 11.6 Å². The van der Waals surface area contributed by atoms with Crippen LogP contribution < -0.4 is 10.5 Å².